The third kappa shape index (κ3) is 5.78. The maximum absolute atomic E-state index is 11.8. The molecule has 0 amide bonds. The predicted molar refractivity (Wildman–Crippen MR) is 134 cm³/mol. The number of rotatable bonds is 8. The Morgan fingerprint density at radius 2 is 1.42 bits per heavy atom. The van der Waals surface area contributed by atoms with Gasteiger partial charge < -0.3 is 9.47 Å². The van der Waals surface area contributed by atoms with Crippen molar-refractivity contribution in [1.82, 2.24) is 0 Å². The van der Waals surface area contributed by atoms with Crippen LogP contribution in [0.25, 0.3) is 28.3 Å². The molecule has 0 fully saturated rings. The van der Waals surface area contributed by atoms with Crippen LogP contribution in [0.3, 0.4) is 0 Å². The smallest absolute Gasteiger partial charge is 0.330 e. The second-order valence-electron chi connectivity index (χ2n) is 7.52. The van der Waals surface area contributed by atoms with Gasteiger partial charge in [-0.1, -0.05) is 91.0 Å². The van der Waals surface area contributed by atoms with Gasteiger partial charge in [0.2, 0.25) is 0 Å². The largest absolute Gasteiger partial charge is 0.488 e. The van der Waals surface area contributed by atoms with E-state index in [0.29, 0.717) is 13.2 Å². The van der Waals surface area contributed by atoms with E-state index < -0.39 is 0 Å². The predicted octanol–water partition coefficient (Wildman–Crippen LogP) is 7.18. The van der Waals surface area contributed by atoms with E-state index >= 15 is 0 Å². The molecule has 0 aliphatic carbocycles. The molecule has 0 N–H and O–H groups in total. The number of para-hydroxylation sites is 1. The number of hydrogen-bond donors (Lipinski definition) is 0. The van der Waals surface area contributed by atoms with Gasteiger partial charge in [0.05, 0.1) is 6.61 Å². The van der Waals surface area contributed by atoms with Crippen LogP contribution in [0.1, 0.15) is 18.1 Å². The van der Waals surface area contributed by atoms with Gasteiger partial charge in [0.25, 0.3) is 0 Å². The third-order valence-corrected chi connectivity index (χ3v) is 5.26. The highest BCUT2D eigenvalue weighted by molar-refractivity contribution is 5.89. The lowest BCUT2D eigenvalue weighted by atomic mass is 9.95. The molecule has 3 heteroatoms. The lowest BCUT2D eigenvalue weighted by molar-refractivity contribution is -0.137. The Morgan fingerprint density at radius 3 is 2.21 bits per heavy atom. The number of hydrogen-bond acceptors (Lipinski definition) is 3. The first-order chi connectivity index (χ1) is 16.2. The van der Waals surface area contributed by atoms with Crippen LogP contribution in [-0.2, 0) is 16.1 Å². The molecule has 4 aromatic rings. The van der Waals surface area contributed by atoms with E-state index in [1.165, 1.54) is 6.08 Å². The fourth-order valence-electron chi connectivity index (χ4n) is 3.67. The summed E-state index contributed by atoms with van der Waals surface area (Å²) in [7, 11) is 0. The van der Waals surface area contributed by atoms with Crippen molar-refractivity contribution >= 4 is 12.0 Å². The summed E-state index contributed by atoms with van der Waals surface area (Å²) < 4.78 is 11.2. The second-order valence-corrected chi connectivity index (χ2v) is 7.52. The van der Waals surface area contributed by atoms with Gasteiger partial charge in [0, 0.05) is 11.6 Å². The minimum absolute atomic E-state index is 0.342. The molecule has 0 radical (unpaired) electrons. The van der Waals surface area contributed by atoms with Crippen LogP contribution in [0.5, 0.6) is 5.75 Å². The molecule has 0 spiro atoms. The van der Waals surface area contributed by atoms with Crippen LogP contribution in [0.4, 0.5) is 0 Å². The molecule has 0 saturated carbocycles. The van der Waals surface area contributed by atoms with Crippen LogP contribution in [0.15, 0.2) is 109 Å². The van der Waals surface area contributed by atoms with E-state index in [2.05, 4.69) is 42.5 Å². The summed E-state index contributed by atoms with van der Waals surface area (Å²) in [6.07, 6.45) is 3.27. The molecule has 4 rings (SSSR count). The normalized spacial score (nSPS) is 10.8. The Hall–Kier alpha value is -4.11. The molecule has 0 saturated heterocycles. The summed E-state index contributed by atoms with van der Waals surface area (Å²) in [6, 6.07) is 34.6. The summed E-state index contributed by atoms with van der Waals surface area (Å²) in [5.74, 6) is 0.500. The van der Waals surface area contributed by atoms with E-state index in [1.807, 2.05) is 60.7 Å². The summed E-state index contributed by atoms with van der Waals surface area (Å²) in [5, 5.41) is 0. The molecule has 164 valence electrons. The van der Waals surface area contributed by atoms with E-state index in [-0.39, 0.29) is 5.97 Å². The van der Waals surface area contributed by atoms with Gasteiger partial charge in [0.15, 0.2) is 0 Å². The summed E-state index contributed by atoms with van der Waals surface area (Å²) in [4.78, 5) is 11.8. The maximum atomic E-state index is 11.8. The molecular formula is C30H26O3. The highest BCUT2D eigenvalue weighted by Crippen LogP contribution is 2.34. The van der Waals surface area contributed by atoms with Gasteiger partial charge in [-0.15, -0.1) is 0 Å². The number of ether oxygens (including phenoxy) is 2. The molecule has 33 heavy (non-hydrogen) atoms. The minimum atomic E-state index is -0.342. The highest BCUT2D eigenvalue weighted by Gasteiger charge is 2.09. The Labute approximate surface area is 194 Å². The zero-order valence-corrected chi connectivity index (χ0v) is 18.6. The second kappa shape index (κ2) is 11.0. The zero-order chi connectivity index (χ0) is 22.9. The summed E-state index contributed by atoms with van der Waals surface area (Å²) in [6.45, 7) is 2.67. The van der Waals surface area contributed by atoms with Crippen molar-refractivity contribution in [3.63, 3.8) is 0 Å². The van der Waals surface area contributed by atoms with Crippen molar-refractivity contribution in [3.8, 4) is 28.0 Å². The first-order valence-electron chi connectivity index (χ1n) is 11.0. The topological polar surface area (TPSA) is 35.5 Å². The molecule has 0 aromatic heterocycles. The van der Waals surface area contributed by atoms with E-state index in [1.54, 1.807) is 13.0 Å². The average molecular weight is 435 g/mol. The molecule has 0 atom stereocenters. The van der Waals surface area contributed by atoms with Crippen LogP contribution >= 0.6 is 0 Å². The van der Waals surface area contributed by atoms with Gasteiger partial charge in [-0.2, -0.15) is 0 Å². The molecule has 3 nitrogen and oxygen atoms in total. The molecular weight excluding hydrogens is 408 g/mol. The van der Waals surface area contributed by atoms with E-state index in [4.69, 9.17) is 9.47 Å². The quantitative estimate of drug-likeness (QED) is 0.218. The van der Waals surface area contributed by atoms with Crippen molar-refractivity contribution in [2.45, 2.75) is 13.5 Å². The van der Waals surface area contributed by atoms with Crippen LogP contribution < -0.4 is 4.74 Å². The molecule has 4 aromatic carbocycles. The van der Waals surface area contributed by atoms with Gasteiger partial charge in [0.1, 0.15) is 12.4 Å². The van der Waals surface area contributed by atoms with E-state index in [9.17, 15) is 4.79 Å². The fraction of sp³-hybridized carbons (Fsp3) is 0.100. The van der Waals surface area contributed by atoms with Crippen LogP contribution in [-0.4, -0.2) is 12.6 Å². The van der Waals surface area contributed by atoms with Gasteiger partial charge in [-0.25, -0.2) is 4.79 Å². The van der Waals surface area contributed by atoms with Crippen LogP contribution in [0, 0.1) is 0 Å². The maximum Gasteiger partial charge on any atom is 0.330 e. The van der Waals surface area contributed by atoms with Crippen molar-refractivity contribution in [1.29, 1.82) is 0 Å². The van der Waals surface area contributed by atoms with Gasteiger partial charge >= 0.3 is 5.97 Å². The highest BCUT2D eigenvalue weighted by atomic mass is 16.5. The third-order valence-electron chi connectivity index (χ3n) is 5.26. The lowest BCUT2D eigenvalue weighted by Crippen LogP contribution is -1.98. The Kier molecular flexibility index (Phi) is 7.34. The number of benzene rings is 4. The fourth-order valence-corrected chi connectivity index (χ4v) is 3.67. The Morgan fingerprint density at radius 1 is 0.758 bits per heavy atom. The Balaban J connectivity index is 1.63. The molecule has 0 heterocycles. The van der Waals surface area contributed by atoms with Gasteiger partial charge in [-0.05, 0) is 52.9 Å². The minimum Gasteiger partial charge on any atom is -0.488 e. The first-order valence-corrected chi connectivity index (χ1v) is 11.0. The van der Waals surface area contributed by atoms with Crippen LogP contribution in [0.2, 0.25) is 0 Å². The Bertz CT molecular complexity index is 1240. The number of carbonyl (C=O) groups is 1. The number of esters is 1. The first kappa shape index (κ1) is 22.1. The molecule has 0 aliphatic heterocycles. The zero-order valence-electron chi connectivity index (χ0n) is 18.6. The molecule has 0 aliphatic rings. The lowest BCUT2D eigenvalue weighted by Gasteiger charge is -2.13. The van der Waals surface area contributed by atoms with Crippen molar-refractivity contribution in [2.24, 2.45) is 0 Å². The molecule has 0 bridgehead atoms. The van der Waals surface area contributed by atoms with Gasteiger partial charge in [-0.3, -0.25) is 0 Å². The number of carbonyl (C=O) groups excluding carboxylic acids is 1. The van der Waals surface area contributed by atoms with Crippen molar-refractivity contribution in [3.05, 3.63) is 120 Å². The molecule has 0 unspecified atom stereocenters. The summed E-state index contributed by atoms with van der Waals surface area (Å²) in [5.41, 5.74) is 6.30. The van der Waals surface area contributed by atoms with Crippen molar-refractivity contribution < 1.29 is 14.3 Å². The average Bonchev–Trinajstić information content (AvgIpc) is 2.87. The monoisotopic (exact) mass is 434 g/mol. The van der Waals surface area contributed by atoms with E-state index in [0.717, 1.165) is 39.1 Å². The van der Waals surface area contributed by atoms with Crippen molar-refractivity contribution in [2.75, 3.05) is 6.61 Å². The standard InChI is InChI=1S/C30H26O3/c1-2-32-30(31)20-19-24-13-6-7-16-27(24)25-14-10-15-26(21-25)28-17-8-9-18-29(28)33-22-23-11-4-3-5-12-23/h3-21H,2,22H2,1H3. The SMILES string of the molecule is CCOC(=O)C=Cc1ccccc1-c1cccc(-c2ccccc2OCc2ccccc2)c1. The summed E-state index contributed by atoms with van der Waals surface area (Å²) >= 11 is 0.